The molecular formula is C11H11FN2O. The van der Waals surface area contributed by atoms with Gasteiger partial charge in [-0.1, -0.05) is 29.4 Å². The normalized spacial score (nSPS) is 12.7. The van der Waals surface area contributed by atoms with Crippen LogP contribution in [0, 0.1) is 0 Å². The summed E-state index contributed by atoms with van der Waals surface area (Å²) >= 11 is 0. The van der Waals surface area contributed by atoms with Gasteiger partial charge in [0.1, 0.15) is 6.17 Å². The summed E-state index contributed by atoms with van der Waals surface area (Å²) in [6.07, 6.45) is -0.959. The molecule has 0 spiro atoms. The first-order valence-electron chi connectivity index (χ1n) is 4.63. The quantitative estimate of drug-likeness (QED) is 0.821. The highest BCUT2D eigenvalue weighted by Crippen LogP contribution is 2.24. The van der Waals surface area contributed by atoms with E-state index < -0.39 is 6.17 Å². The molecule has 3 nitrogen and oxygen atoms in total. The summed E-state index contributed by atoms with van der Waals surface area (Å²) in [5.41, 5.74) is 6.91. The molecule has 0 radical (unpaired) electrons. The Kier molecular flexibility index (Phi) is 2.41. The molecule has 0 aliphatic carbocycles. The van der Waals surface area contributed by atoms with Gasteiger partial charge in [0.15, 0.2) is 11.6 Å². The minimum atomic E-state index is -0.959. The molecule has 1 atom stereocenters. The number of rotatable bonds is 2. The zero-order valence-electron chi connectivity index (χ0n) is 8.27. The van der Waals surface area contributed by atoms with Crippen LogP contribution in [0.15, 0.2) is 34.9 Å². The molecule has 0 amide bonds. The molecule has 4 heteroatoms. The summed E-state index contributed by atoms with van der Waals surface area (Å²) in [7, 11) is 0. The van der Waals surface area contributed by atoms with E-state index in [0.29, 0.717) is 17.1 Å². The summed E-state index contributed by atoms with van der Waals surface area (Å²) in [6.45, 7) is 1.50. The molecule has 2 rings (SSSR count). The van der Waals surface area contributed by atoms with E-state index in [0.717, 1.165) is 5.56 Å². The van der Waals surface area contributed by atoms with Crippen LogP contribution in [0.4, 0.5) is 10.2 Å². The van der Waals surface area contributed by atoms with Crippen molar-refractivity contribution in [3.05, 3.63) is 35.9 Å². The predicted molar refractivity (Wildman–Crippen MR) is 55.9 cm³/mol. The number of alkyl halides is 1. The van der Waals surface area contributed by atoms with Gasteiger partial charge in [0.25, 0.3) is 0 Å². The fraction of sp³-hybridized carbons (Fsp3) is 0.182. The summed E-state index contributed by atoms with van der Waals surface area (Å²) < 4.78 is 17.9. The van der Waals surface area contributed by atoms with Crippen molar-refractivity contribution >= 4 is 5.82 Å². The minimum Gasteiger partial charge on any atom is -0.381 e. The number of nitrogens with zero attached hydrogens (tertiary/aromatic N) is 1. The second-order valence-corrected chi connectivity index (χ2v) is 3.35. The Morgan fingerprint density at radius 2 is 2.00 bits per heavy atom. The van der Waals surface area contributed by atoms with Gasteiger partial charge in [0.05, 0.1) is 0 Å². The smallest absolute Gasteiger partial charge is 0.169 e. The van der Waals surface area contributed by atoms with Crippen molar-refractivity contribution in [2.24, 2.45) is 0 Å². The molecule has 0 aliphatic heterocycles. The number of benzene rings is 1. The molecule has 2 aromatic rings. The third kappa shape index (κ3) is 1.98. The maximum Gasteiger partial charge on any atom is 0.169 e. The van der Waals surface area contributed by atoms with E-state index in [-0.39, 0.29) is 0 Å². The number of hydrogen-bond acceptors (Lipinski definition) is 3. The summed E-state index contributed by atoms with van der Waals surface area (Å²) in [5.74, 6) is 0.929. The lowest BCUT2D eigenvalue weighted by atomic mass is 10.1. The van der Waals surface area contributed by atoms with Gasteiger partial charge in [-0.15, -0.1) is 0 Å². The Balaban J connectivity index is 2.31. The van der Waals surface area contributed by atoms with Crippen molar-refractivity contribution < 1.29 is 8.91 Å². The average Bonchev–Trinajstić information content (AvgIpc) is 2.65. The Morgan fingerprint density at radius 3 is 2.47 bits per heavy atom. The number of nitrogen functional groups attached to an aromatic ring is 1. The van der Waals surface area contributed by atoms with Crippen molar-refractivity contribution in [3.8, 4) is 11.3 Å². The Bertz CT molecular complexity index is 448. The highest BCUT2D eigenvalue weighted by molar-refractivity contribution is 5.60. The number of nitrogens with two attached hydrogens (primary N) is 1. The first kappa shape index (κ1) is 9.71. The monoisotopic (exact) mass is 206 g/mol. The van der Waals surface area contributed by atoms with Crippen LogP contribution in [0.3, 0.4) is 0 Å². The van der Waals surface area contributed by atoms with Crippen LogP contribution in [-0.2, 0) is 0 Å². The number of hydrogen-bond donors (Lipinski definition) is 1. The van der Waals surface area contributed by atoms with Crippen molar-refractivity contribution in [2.75, 3.05) is 5.73 Å². The molecule has 0 fully saturated rings. The van der Waals surface area contributed by atoms with Crippen molar-refractivity contribution in [2.45, 2.75) is 13.1 Å². The van der Waals surface area contributed by atoms with Crippen molar-refractivity contribution in [3.63, 3.8) is 0 Å². The summed E-state index contributed by atoms with van der Waals surface area (Å²) in [6, 6.07) is 8.64. The molecule has 1 aromatic carbocycles. The Labute approximate surface area is 86.7 Å². The van der Waals surface area contributed by atoms with Crippen molar-refractivity contribution in [1.82, 2.24) is 5.16 Å². The summed E-state index contributed by atoms with van der Waals surface area (Å²) in [5, 5.41) is 3.58. The van der Waals surface area contributed by atoms with Gasteiger partial charge >= 0.3 is 0 Å². The van der Waals surface area contributed by atoms with Gasteiger partial charge in [-0.2, -0.15) is 0 Å². The zero-order chi connectivity index (χ0) is 10.8. The molecule has 1 aromatic heterocycles. The number of anilines is 1. The van der Waals surface area contributed by atoms with E-state index >= 15 is 0 Å². The van der Waals surface area contributed by atoms with Gasteiger partial charge in [0.2, 0.25) is 0 Å². The second kappa shape index (κ2) is 3.73. The third-order valence-corrected chi connectivity index (χ3v) is 2.18. The zero-order valence-corrected chi connectivity index (χ0v) is 8.27. The van der Waals surface area contributed by atoms with E-state index in [9.17, 15) is 4.39 Å². The lowest BCUT2D eigenvalue weighted by molar-refractivity contribution is 0.374. The molecule has 0 saturated carbocycles. The highest BCUT2D eigenvalue weighted by atomic mass is 19.1. The maximum absolute atomic E-state index is 12.9. The SMILES string of the molecule is CC(F)c1ccc(-c2cc(N)no2)cc1. The minimum absolute atomic E-state index is 0.341. The first-order chi connectivity index (χ1) is 7.16. The molecule has 1 heterocycles. The van der Waals surface area contributed by atoms with E-state index in [1.54, 1.807) is 30.3 Å². The molecule has 15 heavy (non-hydrogen) atoms. The molecule has 0 aliphatic rings. The Morgan fingerprint density at radius 1 is 1.33 bits per heavy atom. The van der Waals surface area contributed by atoms with Gasteiger partial charge < -0.3 is 10.3 Å². The number of halogens is 1. The van der Waals surface area contributed by atoms with Crippen LogP contribution < -0.4 is 5.73 Å². The fourth-order valence-corrected chi connectivity index (χ4v) is 1.34. The van der Waals surface area contributed by atoms with Crippen LogP contribution in [0.1, 0.15) is 18.7 Å². The van der Waals surface area contributed by atoms with Crippen LogP contribution in [0.2, 0.25) is 0 Å². The molecule has 0 saturated heterocycles. The maximum atomic E-state index is 12.9. The van der Waals surface area contributed by atoms with Crippen LogP contribution in [0.25, 0.3) is 11.3 Å². The predicted octanol–water partition coefficient (Wildman–Crippen LogP) is 2.95. The second-order valence-electron chi connectivity index (χ2n) is 3.35. The topological polar surface area (TPSA) is 52.0 Å². The molecular weight excluding hydrogens is 195 g/mol. The standard InChI is InChI=1S/C11H11FN2O/c1-7(12)8-2-4-9(5-3-8)10-6-11(13)14-15-10/h2-7H,1H3,(H2,13,14). The van der Waals surface area contributed by atoms with Gasteiger partial charge in [-0.3, -0.25) is 0 Å². The van der Waals surface area contributed by atoms with E-state index in [1.807, 2.05) is 0 Å². The van der Waals surface area contributed by atoms with Crippen molar-refractivity contribution in [1.29, 1.82) is 0 Å². The molecule has 2 N–H and O–H groups in total. The van der Waals surface area contributed by atoms with Crippen LogP contribution in [0.5, 0.6) is 0 Å². The van der Waals surface area contributed by atoms with E-state index in [4.69, 9.17) is 10.3 Å². The lowest BCUT2D eigenvalue weighted by Crippen LogP contribution is -1.84. The molecule has 78 valence electrons. The number of aromatic nitrogens is 1. The van der Waals surface area contributed by atoms with E-state index in [2.05, 4.69) is 5.16 Å². The van der Waals surface area contributed by atoms with Crippen LogP contribution >= 0.6 is 0 Å². The fourth-order valence-electron chi connectivity index (χ4n) is 1.34. The first-order valence-corrected chi connectivity index (χ1v) is 4.63. The van der Waals surface area contributed by atoms with Gasteiger partial charge in [-0.25, -0.2) is 4.39 Å². The highest BCUT2D eigenvalue weighted by Gasteiger charge is 2.06. The largest absolute Gasteiger partial charge is 0.381 e. The van der Waals surface area contributed by atoms with Gasteiger partial charge in [-0.05, 0) is 12.5 Å². The van der Waals surface area contributed by atoms with Gasteiger partial charge in [0, 0.05) is 11.6 Å². The average molecular weight is 206 g/mol. The molecule has 1 unspecified atom stereocenters. The third-order valence-electron chi connectivity index (χ3n) is 2.18. The summed E-state index contributed by atoms with van der Waals surface area (Å²) in [4.78, 5) is 0. The van der Waals surface area contributed by atoms with Crippen LogP contribution in [-0.4, -0.2) is 5.16 Å². The lowest BCUT2D eigenvalue weighted by Gasteiger charge is -2.02. The Hall–Kier alpha value is -1.84. The molecule has 0 bridgehead atoms. The van der Waals surface area contributed by atoms with E-state index in [1.165, 1.54) is 6.92 Å².